The Labute approximate surface area is 208 Å². The number of aromatic nitrogens is 2. The van der Waals surface area contributed by atoms with Gasteiger partial charge in [-0.2, -0.15) is 0 Å². The minimum Gasteiger partial charge on any atom is -0.352 e. The molecule has 1 aliphatic rings. The molecular weight excluding hydrogens is 492 g/mol. The van der Waals surface area contributed by atoms with Crippen LogP contribution in [0.15, 0.2) is 89.5 Å². The van der Waals surface area contributed by atoms with Crippen molar-refractivity contribution in [2.75, 3.05) is 0 Å². The highest BCUT2D eigenvalue weighted by Crippen LogP contribution is 2.42. The highest BCUT2D eigenvalue weighted by atomic mass is 79.9. The third-order valence-corrected chi connectivity index (χ3v) is 7.30. The summed E-state index contributed by atoms with van der Waals surface area (Å²) in [5, 5.41) is 4.33. The van der Waals surface area contributed by atoms with Crippen LogP contribution in [-0.2, 0) is 6.54 Å². The Kier molecular flexibility index (Phi) is 6.04. The van der Waals surface area contributed by atoms with Crippen LogP contribution in [0.4, 0.5) is 0 Å². The molecule has 4 nitrogen and oxygen atoms in total. The maximum atomic E-state index is 5.86. The third kappa shape index (κ3) is 4.09. The zero-order chi connectivity index (χ0) is 22.9. The molecule has 33 heavy (non-hydrogen) atoms. The second kappa shape index (κ2) is 9.12. The molecule has 0 aliphatic carbocycles. The van der Waals surface area contributed by atoms with Crippen LogP contribution in [0.5, 0.6) is 0 Å². The lowest BCUT2D eigenvalue weighted by Gasteiger charge is -2.28. The largest absolute Gasteiger partial charge is 0.352 e. The summed E-state index contributed by atoms with van der Waals surface area (Å²) in [4.78, 5) is 6.98. The first kappa shape index (κ1) is 21.9. The second-order valence-corrected chi connectivity index (χ2v) is 9.59. The summed E-state index contributed by atoms with van der Waals surface area (Å²) in [5.41, 5.74) is 7.00. The van der Waals surface area contributed by atoms with E-state index < -0.39 is 0 Å². The summed E-state index contributed by atoms with van der Waals surface area (Å²) in [5.74, 6) is 0. The summed E-state index contributed by atoms with van der Waals surface area (Å²) in [6.07, 6.45) is 1.85. The van der Waals surface area contributed by atoms with Gasteiger partial charge in [0.15, 0.2) is 5.11 Å². The quantitative estimate of drug-likeness (QED) is 0.310. The van der Waals surface area contributed by atoms with Crippen LogP contribution < -0.4 is 5.32 Å². The fourth-order valence-electron chi connectivity index (χ4n) is 4.79. The van der Waals surface area contributed by atoms with Crippen molar-refractivity contribution < 1.29 is 0 Å². The molecule has 0 amide bonds. The summed E-state index contributed by atoms with van der Waals surface area (Å²) >= 11 is 9.60. The number of rotatable bonds is 5. The Morgan fingerprint density at radius 1 is 0.970 bits per heavy atom. The maximum Gasteiger partial charge on any atom is 0.170 e. The average molecular weight is 517 g/mol. The van der Waals surface area contributed by atoms with Gasteiger partial charge in [-0.25, -0.2) is 0 Å². The summed E-state index contributed by atoms with van der Waals surface area (Å²) < 4.78 is 3.39. The Bertz CT molecular complexity index is 1290. The van der Waals surface area contributed by atoms with Crippen LogP contribution in [0.3, 0.4) is 0 Å². The topological polar surface area (TPSA) is 33.1 Å². The van der Waals surface area contributed by atoms with Gasteiger partial charge in [0.2, 0.25) is 0 Å². The monoisotopic (exact) mass is 516 g/mol. The predicted octanol–water partition coefficient (Wildman–Crippen LogP) is 6.42. The molecule has 0 saturated carbocycles. The van der Waals surface area contributed by atoms with Gasteiger partial charge in [-0.1, -0.05) is 48.5 Å². The van der Waals surface area contributed by atoms with Crippen molar-refractivity contribution in [3.63, 3.8) is 0 Å². The van der Waals surface area contributed by atoms with Crippen LogP contribution in [0.2, 0.25) is 0 Å². The number of hydrogen-bond acceptors (Lipinski definition) is 2. The van der Waals surface area contributed by atoms with E-state index in [1.807, 2.05) is 30.5 Å². The molecule has 2 aromatic carbocycles. The third-order valence-electron chi connectivity index (χ3n) is 6.28. The van der Waals surface area contributed by atoms with E-state index in [2.05, 4.69) is 104 Å². The molecule has 6 heteroatoms. The number of halogens is 1. The molecule has 1 saturated heterocycles. The molecule has 2 aromatic heterocycles. The van der Waals surface area contributed by atoms with E-state index in [-0.39, 0.29) is 12.1 Å². The van der Waals surface area contributed by atoms with Gasteiger partial charge in [-0.15, -0.1) is 0 Å². The first-order valence-corrected chi connectivity index (χ1v) is 12.2. The van der Waals surface area contributed by atoms with Gasteiger partial charge in [0.05, 0.1) is 23.5 Å². The number of para-hydroxylation sites is 1. The van der Waals surface area contributed by atoms with Crippen molar-refractivity contribution in [2.24, 2.45) is 0 Å². The predicted molar refractivity (Wildman–Crippen MR) is 140 cm³/mol. The van der Waals surface area contributed by atoms with Gasteiger partial charge in [0.1, 0.15) is 0 Å². The summed E-state index contributed by atoms with van der Waals surface area (Å²) in [7, 11) is 0. The molecule has 4 aromatic rings. The van der Waals surface area contributed by atoms with Crippen molar-refractivity contribution in [3.05, 3.63) is 118 Å². The molecule has 1 fully saturated rings. The normalized spacial score (nSPS) is 17.9. The van der Waals surface area contributed by atoms with Gasteiger partial charge in [0, 0.05) is 28.6 Å². The fraction of sp³-hybridized carbons (Fsp3) is 0.185. The van der Waals surface area contributed by atoms with E-state index in [1.54, 1.807) is 0 Å². The Balaban J connectivity index is 1.63. The fourth-order valence-corrected chi connectivity index (χ4v) is 5.55. The first-order chi connectivity index (χ1) is 16.0. The SMILES string of the molecule is Cc1cc([C@H]2[C@@H](c3ccccn3)NC(=S)N2Cc2ccccc2)c(C)n1-c1ccccc1Br. The van der Waals surface area contributed by atoms with Crippen molar-refractivity contribution in [3.8, 4) is 5.69 Å². The van der Waals surface area contributed by atoms with Gasteiger partial charge in [-0.05, 0) is 83.5 Å². The second-order valence-electron chi connectivity index (χ2n) is 8.35. The van der Waals surface area contributed by atoms with Crippen LogP contribution >= 0.6 is 28.1 Å². The highest BCUT2D eigenvalue weighted by molar-refractivity contribution is 9.10. The van der Waals surface area contributed by atoms with Gasteiger partial charge >= 0.3 is 0 Å². The van der Waals surface area contributed by atoms with Crippen molar-refractivity contribution in [1.29, 1.82) is 0 Å². The van der Waals surface area contributed by atoms with Crippen molar-refractivity contribution in [2.45, 2.75) is 32.5 Å². The summed E-state index contributed by atoms with van der Waals surface area (Å²) in [6.45, 7) is 5.09. The van der Waals surface area contributed by atoms with E-state index in [1.165, 1.54) is 22.5 Å². The molecule has 5 rings (SSSR count). The lowest BCUT2D eigenvalue weighted by Crippen LogP contribution is -2.29. The maximum absolute atomic E-state index is 5.86. The van der Waals surface area contributed by atoms with Crippen LogP contribution in [0.1, 0.15) is 40.3 Å². The highest BCUT2D eigenvalue weighted by Gasteiger charge is 2.41. The van der Waals surface area contributed by atoms with E-state index in [0.717, 1.165) is 27.5 Å². The molecule has 0 bridgehead atoms. The molecule has 1 aliphatic heterocycles. The molecular formula is C27H25BrN4S. The molecule has 0 radical (unpaired) electrons. The Morgan fingerprint density at radius 2 is 1.70 bits per heavy atom. The lowest BCUT2D eigenvalue weighted by atomic mass is 9.96. The van der Waals surface area contributed by atoms with Gasteiger partial charge < -0.3 is 14.8 Å². The van der Waals surface area contributed by atoms with E-state index in [9.17, 15) is 0 Å². The molecule has 0 unspecified atom stereocenters. The molecule has 166 valence electrons. The lowest BCUT2D eigenvalue weighted by molar-refractivity contribution is 0.310. The Morgan fingerprint density at radius 3 is 2.42 bits per heavy atom. The van der Waals surface area contributed by atoms with Crippen molar-refractivity contribution in [1.82, 2.24) is 19.8 Å². The average Bonchev–Trinajstić information content (AvgIpc) is 3.30. The summed E-state index contributed by atoms with van der Waals surface area (Å²) in [6, 6.07) is 27.2. The number of pyridine rings is 1. The van der Waals surface area contributed by atoms with Crippen LogP contribution in [-0.4, -0.2) is 19.6 Å². The van der Waals surface area contributed by atoms with E-state index in [0.29, 0.717) is 0 Å². The number of nitrogens with zero attached hydrogens (tertiary/aromatic N) is 3. The number of thiocarbonyl (C=S) groups is 1. The zero-order valence-corrected chi connectivity index (χ0v) is 21.0. The smallest absolute Gasteiger partial charge is 0.170 e. The zero-order valence-electron chi connectivity index (χ0n) is 18.6. The molecule has 0 spiro atoms. The Hall–Kier alpha value is -2.96. The standard InChI is InChI=1S/C27H25BrN4S/c1-18-16-21(19(2)32(18)24-14-7-6-12-22(24)28)26-25(23-13-8-9-15-29-23)30-27(33)31(26)17-20-10-4-3-5-11-20/h3-16,25-26H,17H2,1-2H3,(H,30,33)/t25-,26+/m1/s1. The molecule has 1 N–H and O–H groups in total. The van der Waals surface area contributed by atoms with Gasteiger partial charge in [0.25, 0.3) is 0 Å². The van der Waals surface area contributed by atoms with Gasteiger partial charge in [-0.3, -0.25) is 4.98 Å². The minimum atomic E-state index is -0.0319. The number of hydrogen-bond donors (Lipinski definition) is 1. The molecule has 2 atom stereocenters. The molecule has 3 heterocycles. The number of benzene rings is 2. The minimum absolute atomic E-state index is 0.0232. The van der Waals surface area contributed by atoms with Crippen LogP contribution in [0, 0.1) is 13.8 Å². The first-order valence-electron chi connectivity index (χ1n) is 11.0. The van der Waals surface area contributed by atoms with Crippen molar-refractivity contribution >= 4 is 33.3 Å². The van der Waals surface area contributed by atoms with E-state index in [4.69, 9.17) is 12.2 Å². The van der Waals surface area contributed by atoms with Crippen LogP contribution in [0.25, 0.3) is 5.69 Å². The van der Waals surface area contributed by atoms with E-state index >= 15 is 0 Å². The number of aryl methyl sites for hydroxylation is 1. The number of nitrogens with one attached hydrogen (secondary N) is 1.